The van der Waals surface area contributed by atoms with Crippen molar-refractivity contribution in [1.82, 2.24) is 10.2 Å². The van der Waals surface area contributed by atoms with E-state index in [1.165, 1.54) is 16.3 Å². The summed E-state index contributed by atoms with van der Waals surface area (Å²) >= 11 is 12.7. The van der Waals surface area contributed by atoms with Crippen LogP contribution in [0.5, 0.6) is 5.75 Å². The van der Waals surface area contributed by atoms with E-state index in [9.17, 15) is 18.0 Å². The van der Waals surface area contributed by atoms with Crippen molar-refractivity contribution in [2.24, 2.45) is 0 Å². The van der Waals surface area contributed by atoms with Crippen molar-refractivity contribution >= 4 is 50.7 Å². The fourth-order valence-electron chi connectivity index (χ4n) is 3.86. The third-order valence-corrected chi connectivity index (χ3v) is 7.50. The molecule has 2 amide bonds. The lowest BCUT2D eigenvalue weighted by Gasteiger charge is -2.31. The van der Waals surface area contributed by atoms with Crippen molar-refractivity contribution in [1.29, 1.82) is 0 Å². The van der Waals surface area contributed by atoms with Crippen LogP contribution in [0, 0.1) is 0 Å². The number of sulfonamides is 1. The van der Waals surface area contributed by atoms with E-state index in [0.717, 1.165) is 6.26 Å². The van der Waals surface area contributed by atoms with E-state index in [1.807, 2.05) is 13.8 Å². The van der Waals surface area contributed by atoms with Crippen molar-refractivity contribution < 1.29 is 22.7 Å². The van der Waals surface area contributed by atoms with E-state index in [-0.39, 0.29) is 37.7 Å². The topological polar surface area (TPSA) is 96.0 Å². The quantitative estimate of drug-likeness (QED) is 0.391. The molecule has 0 aliphatic heterocycles. The van der Waals surface area contributed by atoms with Crippen LogP contribution in [0.2, 0.25) is 10.0 Å². The second-order valence-electron chi connectivity index (χ2n) is 8.10. The second-order valence-corrected chi connectivity index (χ2v) is 10.8. The largest absolute Gasteiger partial charge is 0.492 e. The number of para-hydroxylation sites is 2. The van der Waals surface area contributed by atoms with Crippen molar-refractivity contribution in [3.8, 4) is 5.75 Å². The van der Waals surface area contributed by atoms with Gasteiger partial charge >= 0.3 is 0 Å². The van der Waals surface area contributed by atoms with Crippen molar-refractivity contribution in [3.63, 3.8) is 0 Å². The molecule has 0 saturated carbocycles. The Morgan fingerprint density at radius 3 is 2.25 bits per heavy atom. The molecular weight excluding hydrogens is 525 g/mol. The highest BCUT2D eigenvalue weighted by Gasteiger charge is 2.29. The van der Waals surface area contributed by atoms with E-state index in [4.69, 9.17) is 27.9 Å². The molecular formula is C25H33Cl2N3O5S. The Labute approximate surface area is 223 Å². The summed E-state index contributed by atoms with van der Waals surface area (Å²) in [6, 6.07) is 11.2. The molecule has 1 atom stereocenters. The van der Waals surface area contributed by atoms with Gasteiger partial charge in [-0.15, -0.1) is 0 Å². The summed E-state index contributed by atoms with van der Waals surface area (Å²) < 4.78 is 32.0. The first-order valence-corrected chi connectivity index (χ1v) is 14.3. The predicted octanol–water partition coefficient (Wildman–Crippen LogP) is 4.49. The molecule has 2 rings (SSSR count). The van der Waals surface area contributed by atoms with E-state index in [2.05, 4.69) is 5.32 Å². The van der Waals surface area contributed by atoms with Crippen molar-refractivity contribution in [3.05, 3.63) is 58.1 Å². The maximum Gasteiger partial charge on any atom is 0.242 e. The Kier molecular flexibility index (Phi) is 11.3. The van der Waals surface area contributed by atoms with Gasteiger partial charge in [-0.2, -0.15) is 0 Å². The zero-order chi connectivity index (χ0) is 26.9. The summed E-state index contributed by atoms with van der Waals surface area (Å²) in [4.78, 5) is 27.4. The minimum atomic E-state index is -3.65. The number of nitrogens with one attached hydrogen (secondary N) is 1. The van der Waals surface area contributed by atoms with E-state index in [0.29, 0.717) is 40.1 Å². The molecule has 0 aromatic heterocycles. The van der Waals surface area contributed by atoms with Gasteiger partial charge in [-0.25, -0.2) is 8.42 Å². The first kappa shape index (κ1) is 29.7. The van der Waals surface area contributed by atoms with Gasteiger partial charge in [0.25, 0.3) is 0 Å². The van der Waals surface area contributed by atoms with Crippen LogP contribution < -0.4 is 14.4 Å². The molecule has 0 aliphatic carbocycles. The van der Waals surface area contributed by atoms with Crippen LogP contribution in [-0.4, -0.2) is 57.6 Å². The highest BCUT2D eigenvalue weighted by Crippen LogP contribution is 2.31. The number of nitrogens with zero attached hydrogens (tertiary/aromatic N) is 2. The summed E-state index contributed by atoms with van der Waals surface area (Å²) in [6.07, 6.45) is 1.73. The van der Waals surface area contributed by atoms with Crippen LogP contribution in [0.25, 0.3) is 0 Å². The first-order chi connectivity index (χ1) is 17.0. The molecule has 2 aromatic carbocycles. The van der Waals surface area contributed by atoms with Gasteiger partial charge in [0.05, 0.1) is 18.6 Å². The zero-order valence-electron chi connectivity index (χ0n) is 21.0. The molecule has 1 N–H and O–H groups in total. The number of ether oxygens (including phenoxy) is 1. The zero-order valence-corrected chi connectivity index (χ0v) is 23.3. The fraction of sp³-hybridized carbons (Fsp3) is 0.440. The maximum absolute atomic E-state index is 13.4. The average molecular weight is 559 g/mol. The van der Waals surface area contributed by atoms with E-state index >= 15 is 0 Å². The number of anilines is 1. The average Bonchev–Trinajstić information content (AvgIpc) is 2.83. The molecule has 0 bridgehead atoms. The van der Waals surface area contributed by atoms with Gasteiger partial charge in [-0.1, -0.05) is 48.3 Å². The van der Waals surface area contributed by atoms with E-state index < -0.39 is 16.1 Å². The predicted molar refractivity (Wildman–Crippen MR) is 144 cm³/mol. The normalized spacial score (nSPS) is 12.1. The molecule has 198 valence electrons. The number of hydrogen-bond acceptors (Lipinski definition) is 5. The monoisotopic (exact) mass is 557 g/mol. The second kappa shape index (κ2) is 13.7. The summed E-state index contributed by atoms with van der Waals surface area (Å²) in [5, 5.41) is 3.38. The number of benzene rings is 2. The van der Waals surface area contributed by atoms with E-state index in [1.54, 1.807) is 42.5 Å². The first-order valence-electron chi connectivity index (χ1n) is 11.7. The Hall–Kier alpha value is -2.49. The molecule has 2 aromatic rings. The highest BCUT2D eigenvalue weighted by atomic mass is 35.5. The number of carbonyl (C=O) groups is 2. The molecule has 36 heavy (non-hydrogen) atoms. The molecule has 0 spiro atoms. The van der Waals surface area contributed by atoms with Crippen LogP contribution >= 0.6 is 23.2 Å². The summed E-state index contributed by atoms with van der Waals surface area (Å²) in [5.41, 5.74) is 0.950. The number of hydrogen-bond donors (Lipinski definition) is 1. The summed E-state index contributed by atoms with van der Waals surface area (Å²) in [6.45, 7) is 4.12. The van der Waals surface area contributed by atoms with Crippen LogP contribution in [0.1, 0.15) is 38.7 Å². The summed E-state index contributed by atoms with van der Waals surface area (Å²) in [7, 11) is -2.14. The lowest BCUT2D eigenvalue weighted by Crippen LogP contribution is -2.48. The summed E-state index contributed by atoms with van der Waals surface area (Å²) in [5.74, 6) is -0.178. The molecule has 11 heteroatoms. The van der Waals surface area contributed by atoms with Crippen LogP contribution in [0.15, 0.2) is 42.5 Å². The lowest BCUT2D eigenvalue weighted by molar-refractivity contribution is -0.141. The Morgan fingerprint density at radius 2 is 1.69 bits per heavy atom. The number of likely N-dealkylation sites (N-methyl/N-ethyl adjacent to an activating group) is 1. The molecule has 0 heterocycles. The van der Waals surface area contributed by atoms with Crippen molar-refractivity contribution in [2.75, 3.05) is 30.8 Å². The van der Waals surface area contributed by atoms with Gasteiger partial charge in [0.15, 0.2) is 0 Å². The SMILES string of the molecule is CCOc1ccccc1N(CCCC(=O)N(Cc1c(Cl)cccc1Cl)[C@@H](CC)C(=O)NC)S(C)(=O)=O. The highest BCUT2D eigenvalue weighted by molar-refractivity contribution is 7.92. The molecule has 8 nitrogen and oxygen atoms in total. The van der Waals surface area contributed by atoms with Gasteiger partial charge in [0.1, 0.15) is 11.8 Å². The van der Waals surface area contributed by atoms with Gasteiger partial charge < -0.3 is 15.0 Å². The van der Waals surface area contributed by atoms with Crippen molar-refractivity contribution in [2.45, 2.75) is 45.7 Å². The van der Waals surface area contributed by atoms with Crippen LogP contribution in [0.3, 0.4) is 0 Å². The Morgan fingerprint density at radius 1 is 1.06 bits per heavy atom. The third-order valence-electron chi connectivity index (χ3n) is 5.61. The smallest absolute Gasteiger partial charge is 0.242 e. The minimum absolute atomic E-state index is 0.0123. The number of rotatable bonds is 13. The third kappa shape index (κ3) is 7.75. The lowest BCUT2D eigenvalue weighted by atomic mass is 10.1. The molecule has 0 saturated heterocycles. The molecule has 0 unspecified atom stereocenters. The Balaban J connectivity index is 2.28. The Bertz CT molecular complexity index is 1140. The number of halogens is 2. The standard InChI is InChI=1S/C25H33Cl2N3O5S/c1-5-21(25(32)28-3)29(17-18-19(26)11-9-12-20(18)27)24(31)15-10-16-30(36(4,33)34)22-13-7-8-14-23(22)35-6-2/h7-9,11-14,21H,5-6,10,15-17H2,1-4H3,(H,28,32)/t21-/m0/s1. The molecule has 0 fully saturated rings. The van der Waals surface area contributed by atoms with Gasteiger partial charge in [0.2, 0.25) is 21.8 Å². The van der Waals surface area contributed by atoms with Crippen LogP contribution in [-0.2, 0) is 26.2 Å². The van der Waals surface area contributed by atoms with Gasteiger partial charge in [-0.3, -0.25) is 13.9 Å². The molecule has 0 aliphatic rings. The minimum Gasteiger partial charge on any atom is -0.492 e. The fourth-order valence-corrected chi connectivity index (χ4v) is 5.35. The van der Waals surface area contributed by atoms with Gasteiger partial charge in [0, 0.05) is 42.2 Å². The molecule has 0 radical (unpaired) electrons. The maximum atomic E-state index is 13.4. The van der Waals surface area contributed by atoms with Crippen LogP contribution in [0.4, 0.5) is 5.69 Å². The number of carbonyl (C=O) groups excluding carboxylic acids is 2. The van der Waals surface area contributed by atoms with Gasteiger partial charge in [-0.05, 0) is 44.0 Å². The number of amides is 2.